The molecule has 4 aromatic rings. The molecule has 0 atom stereocenters. The predicted octanol–water partition coefficient (Wildman–Crippen LogP) is 4.16. The first kappa shape index (κ1) is 18.5. The number of hydrogen-bond donors (Lipinski definition) is 2. The molecule has 0 radical (unpaired) electrons. The van der Waals surface area contributed by atoms with E-state index in [2.05, 4.69) is 25.5 Å². The highest BCUT2D eigenvalue weighted by Crippen LogP contribution is 2.25. The molecular weight excluding hydrogens is 369 g/mol. The Kier molecular flexibility index (Phi) is 5.11. The summed E-state index contributed by atoms with van der Waals surface area (Å²) >= 11 is 0. The first-order chi connectivity index (χ1) is 14.1. The number of benzene rings is 2. The van der Waals surface area contributed by atoms with Gasteiger partial charge in [-0.1, -0.05) is 36.4 Å². The van der Waals surface area contributed by atoms with Gasteiger partial charge in [-0.2, -0.15) is 0 Å². The largest absolute Gasteiger partial charge is 0.321 e. The summed E-state index contributed by atoms with van der Waals surface area (Å²) in [6, 6.07) is 17.8. The molecule has 7 heteroatoms. The molecule has 0 fully saturated rings. The van der Waals surface area contributed by atoms with E-state index in [1.165, 1.54) is 12.1 Å². The van der Waals surface area contributed by atoms with Gasteiger partial charge in [0.15, 0.2) is 0 Å². The summed E-state index contributed by atoms with van der Waals surface area (Å²) in [6.45, 7) is 1.90. The number of hydrogen-bond acceptors (Lipinski definition) is 4. The summed E-state index contributed by atoms with van der Waals surface area (Å²) in [7, 11) is 0. The average molecular weight is 387 g/mol. The second-order valence-corrected chi connectivity index (χ2v) is 6.63. The van der Waals surface area contributed by atoms with Gasteiger partial charge in [0.05, 0.1) is 0 Å². The number of aryl methyl sites for hydroxylation is 1. The highest BCUT2D eigenvalue weighted by molar-refractivity contribution is 6.01. The molecule has 0 bridgehead atoms. The summed E-state index contributed by atoms with van der Waals surface area (Å²) in [5.74, 6) is 0.277. The standard InChI is InChI=1S/C22H18FN5O/c1-14-7-8-17(23)13-18(14)16-9-10-24-19(12-16)26-22(29)21-25-20(27-28-21)11-15-5-3-2-4-6-15/h2-10,12-13H,11H2,1H3,(H,24,26,29)(H,25,27,28). The number of nitrogens with zero attached hydrogens (tertiary/aromatic N) is 3. The maximum atomic E-state index is 13.6. The first-order valence-electron chi connectivity index (χ1n) is 9.08. The minimum Gasteiger partial charge on any atom is -0.321 e. The fourth-order valence-electron chi connectivity index (χ4n) is 3.02. The number of carbonyl (C=O) groups excluding carboxylic acids is 1. The molecular formula is C22H18FN5O. The van der Waals surface area contributed by atoms with Crippen LogP contribution in [0.25, 0.3) is 11.1 Å². The Morgan fingerprint density at radius 2 is 1.90 bits per heavy atom. The van der Waals surface area contributed by atoms with Crippen molar-refractivity contribution in [3.8, 4) is 11.1 Å². The highest BCUT2D eigenvalue weighted by atomic mass is 19.1. The molecule has 0 aliphatic rings. The molecule has 2 aromatic heterocycles. The maximum Gasteiger partial charge on any atom is 0.294 e. The van der Waals surface area contributed by atoms with Crippen molar-refractivity contribution in [3.05, 3.63) is 95.5 Å². The SMILES string of the molecule is Cc1ccc(F)cc1-c1ccnc(NC(=O)c2nnc(Cc3ccccc3)[nH]2)c1. The van der Waals surface area contributed by atoms with Crippen LogP contribution < -0.4 is 5.32 Å². The molecule has 0 spiro atoms. The van der Waals surface area contributed by atoms with Crippen molar-refractivity contribution in [2.45, 2.75) is 13.3 Å². The summed E-state index contributed by atoms with van der Waals surface area (Å²) < 4.78 is 13.6. The Morgan fingerprint density at radius 1 is 1.07 bits per heavy atom. The van der Waals surface area contributed by atoms with Gasteiger partial charge in [0.2, 0.25) is 5.82 Å². The van der Waals surface area contributed by atoms with E-state index in [1.807, 2.05) is 37.3 Å². The Morgan fingerprint density at radius 3 is 2.72 bits per heavy atom. The number of halogens is 1. The van der Waals surface area contributed by atoms with Gasteiger partial charge in [-0.25, -0.2) is 9.37 Å². The Balaban J connectivity index is 1.50. The van der Waals surface area contributed by atoms with E-state index in [0.29, 0.717) is 18.1 Å². The lowest BCUT2D eigenvalue weighted by Gasteiger charge is -2.08. The quantitative estimate of drug-likeness (QED) is 0.539. The lowest BCUT2D eigenvalue weighted by molar-refractivity contribution is 0.101. The molecule has 0 saturated carbocycles. The van der Waals surface area contributed by atoms with E-state index in [-0.39, 0.29) is 11.6 Å². The topological polar surface area (TPSA) is 83.6 Å². The van der Waals surface area contributed by atoms with Crippen LogP contribution in [-0.2, 0) is 6.42 Å². The Hall–Kier alpha value is -3.87. The smallest absolute Gasteiger partial charge is 0.294 e. The van der Waals surface area contributed by atoms with E-state index in [4.69, 9.17) is 0 Å². The lowest BCUT2D eigenvalue weighted by atomic mass is 10.0. The number of nitrogens with one attached hydrogen (secondary N) is 2. The van der Waals surface area contributed by atoms with Crippen LogP contribution in [0.1, 0.15) is 27.6 Å². The fourth-order valence-corrected chi connectivity index (χ4v) is 3.02. The van der Waals surface area contributed by atoms with Crippen LogP contribution in [0.4, 0.5) is 10.2 Å². The fraction of sp³-hybridized carbons (Fsp3) is 0.0909. The minimum absolute atomic E-state index is 0.102. The van der Waals surface area contributed by atoms with Gasteiger partial charge in [-0.3, -0.25) is 4.79 Å². The molecule has 29 heavy (non-hydrogen) atoms. The average Bonchev–Trinajstić information content (AvgIpc) is 3.19. The van der Waals surface area contributed by atoms with Gasteiger partial charge >= 0.3 is 0 Å². The van der Waals surface area contributed by atoms with Gasteiger partial charge in [0.25, 0.3) is 5.91 Å². The van der Waals surface area contributed by atoms with Crippen molar-refractivity contribution < 1.29 is 9.18 Å². The molecule has 4 rings (SSSR count). The van der Waals surface area contributed by atoms with E-state index < -0.39 is 5.91 Å². The third-order valence-electron chi connectivity index (χ3n) is 4.48. The predicted molar refractivity (Wildman–Crippen MR) is 108 cm³/mol. The van der Waals surface area contributed by atoms with Crippen LogP contribution in [0.5, 0.6) is 0 Å². The molecule has 2 aromatic carbocycles. The van der Waals surface area contributed by atoms with Crippen LogP contribution in [0.3, 0.4) is 0 Å². The molecule has 144 valence electrons. The lowest BCUT2D eigenvalue weighted by Crippen LogP contribution is -2.14. The number of rotatable bonds is 5. The number of aromatic amines is 1. The third kappa shape index (κ3) is 4.35. The van der Waals surface area contributed by atoms with Crippen LogP contribution in [-0.4, -0.2) is 26.1 Å². The summed E-state index contributed by atoms with van der Waals surface area (Å²) in [4.78, 5) is 19.6. The van der Waals surface area contributed by atoms with E-state index >= 15 is 0 Å². The second kappa shape index (κ2) is 8.02. The van der Waals surface area contributed by atoms with Gasteiger partial charge < -0.3 is 10.3 Å². The monoisotopic (exact) mass is 387 g/mol. The van der Waals surface area contributed by atoms with Crippen molar-refractivity contribution in [1.82, 2.24) is 20.2 Å². The maximum absolute atomic E-state index is 13.6. The van der Waals surface area contributed by atoms with Crippen molar-refractivity contribution in [2.75, 3.05) is 5.32 Å². The molecule has 0 aliphatic heterocycles. The van der Waals surface area contributed by atoms with Gasteiger partial charge in [0, 0.05) is 12.6 Å². The summed E-state index contributed by atoms with van der Waals surface area (Å²) in [5.41, 5.74) is 3.49. The molecule has 0 saturated heterocycles. The van der Waals surface area contributed by atoms with Gasteiger partial charge in [0.1, 0.15) is 17.5 Å². The van der Waals surface area contributed by atoms with Crippen molar-refractivity contribution >= 4 is 11.7 Å². The van der Waals surface area contributed by atoms with E-state index in [1.54, 1.807) is 24.4 Å². The molecule has 0 aliphatic carbocycles. The zero-order chi connectivity index (χ0) is 20.2. The number of carbonyl (C=O) groups is 1. The highest BCUT2D eigenvalue weighted by Gasteiger charge is 2.14. The number of pyridine rings is 1. The second-order valence-electron chi connectivity index (χ2n) is 6.63. The third-order valence-corrected chi connectivity index (χ3v) is 4.48. The van der Waals surface area contributed by atoms with Crippen molar-refractivity contribution in [2.24, 2.45) is 0 Å². The van der Waals surface area contributed by atoms with Crippen molar-refractivity contribution in [3.63, 3.8) is 0 Å². The van der Waals surface area contributed by atoms with Crippen molar-refractivity contribution in [1.29, 1.82) is 0 Å². The first-order valence-corrected chi connectivity index (χ1v) is 9.08. The molecule has 1 amide bonds. The molecule has 2 heterocycles. The normalized spacial score (nSPS) is 10.7. The van der Waals surface area contributed by atoms with Gasteiger partial charge in [-0.15, -0.1) is 10.2 Å². The molecule has 0 unspecified atom stereocenters. The van der Waals surface area contributed by atoms with Crippen LogP contribution in [0.15, 0.2) is 66.9 Å². The summed E-state index contributed by atoms with van der Waals surface area (Å²) in [5, 5.41) is 10.7. The number of H-pyrrole nitrogens is 1. The zero-order valence-electron chi connectivity index (χ0n) is 15.7. The zero-order valence-corrected chi connectivity index (χ0v) is 15.7. The number of anilines is 1. The van der Waals surface area contributed by atoms with Gasteiger partial charge in [-0.05, 0) is 53.4 Å². The van der Waals surface area contributed by atoms with Crippen LogP contribution in [0.2, 0.25) is 0 Å². The number of aromatic nitrogens is 4. The van der Waals surface area contributed by atoms with Crippen LogP contribution in [0, 0.1) is 12.7 Å². The van der Waals surface area contributed by atoms with Crippen LogP contribution >= 0.6 is 0 Å². The molecule has 6 nitrogen and oxygen atoms in total. The number of amides is 1. The molecule has 2 N–H and O–H groups in total. The Labute approximate surface area is 166 Å². The van der Waals surface area contributed by atoms with E-state index in [9.17, 15) is 9.18 Å². The van der Waals surface area contributed by atoms with E-state index in [0.717, 1.165) is 22.3 Å². The Bertz CT molecular complexity index is 1160. The minimum atomic E-state index is -0.447. The summed E-state index contributed by atoms with van der Waals surface area (Å²) in [6.07, 6.45) is 2.12.